The van der Waals surface area contributed by atoms with E-state index in [1.54, 1.807) is 6.20 Å². The van der Waals surface area contributed by atoms with Crippen LogP contribution in [0.15, 0.2) is 16.9 Å². The average Bonchev–Trinajstić information content (AvgIpc) is 2.95. The summed E-state index contributed by atoms with van der Waals surface area (Å²) in [6, 6.07) is 0.0321. The average molecular weight is 235 g/mol. The van der Waals surface area contributed by atoms with Crippen LogP contribution in [0.4, 0.5) is 0 Å². The third-order valence-corrected chi connectivity index (χ3v) is 2.97. The Bertz CT molecular complexity index is 490. The van der Waals surface area contributed by atoms with E-state index in [0.29, 0.717) is 17.5 Å². The van der Waals surface area contributed by atoms with Crippen LogP contribution in [0.5, 0.6) is 0 Å². The molecule has 2 atom stereocenters. The van der Waals surface area contributed by atoms with Gasteiger partial charge in [0.2, 0.25) is 11.7 Å². The van der Waals surface area contributed by atoms with Crippen LogP contribution in [0, 0.1) is 0 Å². The van der Waals surface area contributed by atoms with Crippen LogP contribution in [0.2, 0.25) is 0 Å². The number of hydrogen-bond acceptors (Lipinski definition) is 5. The molecule has 0 amide bonds. The topological polar surface area (TPSA) is 82.8 Å². The molecule has 0 aliphatic rings. The van der Waals surface area contributed by atoms with Gasteiger partial charge in [-0.2, -0.15) is 4.98 Å². The summed E-state index contributed by atoms with van der Waals surface area (Å²) in [7, 11) is 1.89. The van der Waals surface area contributed by atoms with Crippen molar-refractivity contribution in [3.05, 3.63) is 18.3 Å². The molecule has 0 bridgehead atoms. The van der Waals surface area contributed by atoms with Gasteiger partial charge in [-0.25, -0.2) is 4.98 Å². The second-order valence-corrected chi connectivity index (χ2v) is 4.18. The fourth-order valence-electron chi connectivity index (χ4n) is 1.63. The molecule has 17 heavy (non-hydrogen) atoms. The number of nitrogens with zero attached hydrogens (tertiary/aromatic N) is 4. The van der Waals surface area contributed by atoms with Crippen LogP contribution in [-0.2, 0) is 7.05 Å². The third kappa shape index (κ3) is 2.21. The Hall–Kier alpha value is -1.69. The number of rotatable bonds is 4. The molecule has 6 heteroatoms. The van der Waals surface area contributed by atoms with Crippen molar-refractivity contribution < 1.29 is 4.52 Å². The summed E-state index contributed by atoms with van der Waals surface area (Å²) in [5.41, 5.74) is 5.96. The molecule has 2 aromatic rings. The molecular weight excluding hydrogens is 218 g/mol. The van der Waals surface area contributed by atoms with Gasteiger partial charge in [-0.15, -0.1) is 0 Å². The molecule has 92 valence electrons. The Morgan fingerprint density at radius 1 is 1.53 bits per heavy atom. The van der Waals surface area contributed by atoms with Gasteiger partial charge in [-0.1, -0.05) is 19.0 Å². The molecule has 0 aromatic carbocycles. The van der Waals surface area contributed by atoms with E-state index in [2.05, 4.69) is 15.1 Å². The van der Waals surface area contributed by atoms with E-state index in [1.807, 2.05) is 31.7 Å². The second-order valence-electron chi connectivity index (χ2n) is 4.18. The molecule has 2 N–H and O–H groups in total. The Morgan fingerprint density at radius 2 is 2.29 bits per heavy atom. The lowest BCUT2D eigenvalue weighted by atomic mass is 10.0. The van der Waals surface area contributed by atoms with E-state index in [-0.39, 0.29) is 12.0 Å². The summed E-state index contributed by atoms with van der Waals surface area (Å²) in [5.74, 6) is 1.82. The van der Waals surface area contributed by atoms with Gasteiger partial charge in [-0.05, 0) is 6.42 Å². The SMILES string of the molecule is CCC(N)C(C)c1nc(-c2nccn2C)no1. The van der Waals surface area contributed by atoms with Crippen LogP contribution in [0.1, 0.15) is 32.1 Å². The molecule has 0 saturated carbocycles. The number of aromatic nitrogens is 4. The predicted molar refractivity (Wildman–Crippen MR) is 63.2 cm³/mol. The van der Waals surface area contributed by atoms with Gasteiger partial charge >= 0.3 is 0 Å². The highest BCUT2D eigenvalue weighted by Gasteiger charge is 2.21. The fraction of sp³-hybridized carbons (Fsp3) is 0.545. The molecule has 2 heterocycles. The van der Waals surface area contributed by atoms with Gasteiger partial charge < -0.3 is 14.8 Å². The van der Waals surface area contributed by atoms with Crippen LogP contribution in [0.25, 0.3) is 11.6 Å². The molecule has 0 aliphatic carbocycles. The number of aryl methyl sites for hydroxylation is 1. The maximum Gasteiger partial charge on any atom is 0.238 e. The van der Waals surface area contributed by atoms with Crippen molar-refractivity contribution in [1.29, 1.82) is 0 Å². The van der Waals surface area contributed by atoms with Crippen LogP contribution in [0.3, 0.4) is 0 Å². The van der Waals surface area contributed by atoms with Crippen LogP contribution >= 0.6 is 0 Å². The zero-order valence-electron chi connectivity index (χ0n) is 10.3. The van der Waals surface area contributed by atoms with Gasteiger partial charge in [0, 0.05) is 25.5 Å². The smallest absolute Gasteiger partial charge is 0.238 e. The number of hydrogen-bond donors (Lipinski definition) is 1. The normalized spacial score (nSPS) is 14.8. The molecule has 6 nitrogen and oxygen atoms in total. The minimum absolute atomic E-state index is 0.0321. The summed E-state index contributed by atoms with van der Waals surface area (Å²) in [5, 5.41) is 3.93. The predicted octanol–water partition coefficient (Wildman–Crippen LogP) is 1.31. The first kappa shape index (κ1) is 11.8. The first-order chi connectivity index (χ1) is 8.13. The van der Waals surface area contributed by atoms with Crippen molar-refractivity contribution in [3.63, 3.8) is 0 Å². The van der Waals surface area contributed by atoms with E-state index < -0.39 is 0 Å². The maximum absolute atomic E-state index is 5.96. The third-order valence-electron chi connectivity index (χ3n) is 2.97. The second kappa shape index (κ2) is 4.67. The van der Waals surface area contributed by atoms with Crippen molar-refractivity contribution in [1.82, 2.24) is 19.7 Å². The largest absolute Gasteiger partial charge is 0.339 e. The van der Waals surface area contributed by atoms with E-state index in [0.717, 1.165) is 6.42 Å². The van der Waals surface area contributed by atoms with Gasteiger partial charge in [-0.3, -0.25) is 0 Å². The Labute approximate surface area is 99.8 Å². The summed E-state index contributed by atoms with van der Waals surface area (Å²) in [4.78, 5) is 8.51. The minimum Gasteiger partial charge on any atom is -0.339 e. The zero-order chi connectivity index (χ0) is 12.4. The number of nitrogens with two attached hydrogens (primary N) is 1. The summed E-state index contributed by atoms with van der Waals surface area (Å²) in [6.45, 7) is 4.03. The fourth-order valence-corrected chi connectivity index (χ4v) is 1.63. The Kier molecular flexibility index (Phi) is 3.23. The lowest BCUT2D eigenvalue weighted by Crippen LogP contribution is -2.25. The lowest BCUT2D eigenvalue weighted by molar-refractivity contribution is 0.340. The Balaban J connectivity index is 2.25. The van der Waals surface area contributed by atoms with Crippen molar-refractivity contribution in [3.8, 4) is 11.6 Å². The van der Waals surface area contributed by atoms with Crippen molar-refractivity contribution in [2.75, 3.05) is 0 Å². The molecule has 0 spiro atoms. The van der Waals surface area contributed by atoms with E-state index >= 15 is 0 Å². The maximum atomic E-state index is 5.96. The Morgan fingerprint density at radius 3 is 2.88 bits per heavy atom. The van der Waals surface area contributed by atoms with Crippen LogP contribution in [-0.4, -0.2) is 25.7 Å². The highest BCUT2D eigenvalue weighted by Crippen LogP contribution is 2.20. The van der Waals surface area contributed by atoms with Gasteiger partial charge in [0.15, 0.2) is 5.82 Å². The summed E-state index contributed by atoms with van der Waals surface area (Å²) in [6.07, 6.45) is 4.42. The van der Waals surface area contributed by atoms with E-state index in [4.69, 9.17) is 10.3 Å². The molecule has 0 aliphatic heterocycles. The quantitative estimate of drug-likeness (QED) is 0.863. The first-order valence-corrected chi connectivity index (χ1v) is 5.70. The van der Waals surface area contributed by atoms with Crippen molar-refractivity contribution >= 4 is 0 Å². The van der Waals surface area contributed by atoms with Crippen molar-refractivity contribution in [2.24, 2.45) is 12.8 Å². The molecule has 2 unspecified atom stereocenters. The standard InChI is InChI=1S/C11H17N5O/c1-4-8(12)7(2)11-14-9(15-17-11)10-13-5-6-16(10)3/h5-8H,4,12H2,1-3H3. The van der Waals surface area contributed by atoms with E-state index in [1.165, 1.54) is 0 Å². The molecule has 0 radical (unpaired) electrons. The molecule has 0 saturated heterocycles. The molecule has 0 fully saturated rings. The van der Waals surface area contributed by atoms with E-state index in [9.17, 15) is 0 Å². The summed E-state index contributed by atoms with van der Waals surface area (Å²) >= 11 is 0. The monoisotopic (exact) mass is 235 g/mol. The van der Waals surface area contributed by atoms with Gasteiger partial charge in [0.05, 0.1) is 5.92 Å². The zero-order valence-corrected chi connectivity index (χ0v) is 10.3. The molecule has 2 rings (SSSR count). The number of imidazole rings is 1. The van der Waals surface area contributed by atoms with Crippen molar-refractivity contribution in [2.45, 2.75) is 32.2 Å². The highest BCUT2D eigenvalue weighted by atomic mass is 16.5. The van der Waals surface area contributed by atoms with Crippen LogP contribution < -0.4 is 5.73 Å². The first-order valence-electron chi connectivity index (χ1n) is 5.70. The summed E-state index contributed by atoms with van der Waals surface area (Å²) < 4.78 is 7.08. The minimum atomic E-state index is 0.0321. The lowest BCUT2D eigenvalue weighted by Gasteiger charge is -2.13. The molecular formula is C11H17N5O. The molecule has 2 aromatic heterocycles. The van der Waals surface area contributed by atoms with Gasteiger partial charge in [0.25, 0.3) is 0 Å². The van der Waals surface area contributed by atoms with Gasteiger partial charge in [0.1, 0.15) is 0 Å². The highest BCUT2D eigenvalue weighted by molar-refractivity contribution is 5.42.